The first kappa shape index (κ1) is 25.5. The molecule has 2 saturated carbocycles. The molecule has 2 fully saturated rings. The van der Waals surface area contributed by atoms with Crippen LogP contribution in [0.25, 0.3) is 0 Å². The summed E-state index contributed by atoms with van der Waals surface area (Å²) in [4.78, 5) is 15.4. The van der Waals surface area contributed by atoms with Crippen LogP contribution in [0.2, 0.25) is 0 Å². The molecule has 0 saturated heterocycles. The summed E-state index contributed by atoms with van der Waals surface area (Å²) in [5, 5.41) is 9.09. The number of aromatic nitrogens is 1. The summed E-state index contributed by atoms with van der Waals surface area (Å²) in [5.41, 5.74) is 11.1. The van der Waals surface area contributed by atoms with E-state index in [0.717, 1.165) is 36.9 Å². The predicted molar refractivity (Wildman–Crippen MR) is 141 cm³/mol. The number of pyridine rings is 1. The summed E-state index contributed by atoms with van der Waals surface area (Å²) in [6.45, 7) is 4.96. The summed E-state index contributed by atoms with van der Waals surface area (Å²) in [7, 11) is 0. The van der Waals surface area contributed by atoms with Crippen LogP contribution in [0.3, 0.4) is 0 Å². The monoisotopic (exact) mass is 478 g/mol. The molecule has 35 heavy (non-hydrogen) atoms. The standard InChI is InChI=1S/C30H42N2O3/c1-3-26-27(31)12-18-32-29(26)35-19-13-21(2)23-4-6-24(7-5-23)25-10-16-30(17-11-25)14-8-22(9-15-30)20-28(33)34/h4-7,12,18,21-22,25H,3,8-11,13-17,19-20H2,1-2H3,(H2,31,32)(H,33,34). The Hall–Kier alpha value is -2.56. The maximum atomic E-state index is 11.0. The van der Waals surface area contributed by atoms with Crippen LogP contribution in [0.15, 0.2) is 36.5 Å². The van der Waals surface area contributed by atoms with Gasteiger partial charge in [0, 0.05) is 23.9 Å². The summed E-state index contributed by atoms with van der Waals surface area (Å²) in [5.74, 6) is 1.51. The molecule has 2 aliphatic rings. The predicted octanol–water partition coefficient (Wildman–Crippen LogP) is 7.11. The van der Waals surface area contributed by atoms with E-state index in [9.17, 15) is 4.79 Å². The van der Waals surface area contributed by atoms with E-state index in [1.165, 1.54) is 49.7 Å². The van der Waals surface area contributed by atoms with E-state index in [0.29, 0.717) is 42.1 Å². The van der Waals surface area contributed by atoms with E-state index in [1.807, 2.05) is 6.07 Å². The molecule has 1 aromatic carbocycles. The van der Waals surface area contributed by atoms with Crippen LogP contribution in [-0.2, 0) is 11.2 Å². The molecule has 5 nitrogen and oxygen atoms in total. The van der Waals surface area contributed by atoms with Crippen LogP contribution >= 0.6 is 0 Å². The normalized spacial score (nSPS) is 25.3. The fraction of sp³-hybridized carbons (Fsp3) is 0.600. The average molecular weight is 479 g/mol. The van der Waals surface area contributed by atoms with Crippen LogP contribution in [-0.4, -0.2) is 22.7 Å². The Morgan fingerprint density at radius 1 is 1.11 bits per heavy atom. The summed E-state index contributed by atoms with van der Waals surface area (Å²) >= 11 is 0. The summed E-state index contributed by atoms with van der Waals surface area (Å²) in [6.07, 6.45) is 13.6. The molecule has 1 heterocycles. The summed E-state index contributed by atoms with van der Waals surface area (Å²) in [6, 6.07) is 11.1. The second-order valence-corrected chi connectivity index (χ2v) is 11.1. The SMILES string of the molecule is CCc1c(N)ccnc1OCCC(C)c1ccc(C2CCC3(CCC(CC(=O)O)CC3)CC2)cc1. The van der Waals surface area contributed by atoms with Gasteiger partial charge in [0.1, 0.15) is 0 Å². The molecule has 1 unspecified atom stereocenters. The Balaban J connectivity index is 1.24. The number of hydrogen-bond donors (Lipinski definition) is 2. The van der Waals surface area contributed by atoms with Crippen molar-refractivity contribution in [3.8, 4) is 5.88 Å². The smallest absolute Gasteiger partial charge is 0.303 e. The zero-order valence-electron chi connectivity index (χ0n) is 21.5. The molecular formula is C30H42N2O3. The number of anilines is 1. The Morgan fingerprint density at radius 3 is 2.40 bits per heavy atom. The third kappa shape index (κ3) is 6.36. The van der Waals surface area contributed by atoms with E-state index >= 15 is 0 Å². The lowest BCUT2D eigenvalue weighted by atomic mass is 9.60. The molecule has 5 heteroatoms. The van der Waals surface area contributed by atoms with Crippen molar-refractivity contribution in [2.75, 3.05) is 12.3 Å². The molecule has 0 amide bonds. The van der Waals surface area contributed by atoms with Crippen LogP contribution in [0.4, 0.5) is 5.69 Å². The Kier molecular flexibility index (Phi) is 8.35. The maximum Gasteiger partial charge on any atom is 0.303 e. The number of benzene rings is 1. The van der Waals surface area contributed by atoms with Crippen LogP contribution in [0, 0.1) is 11.3 Å². The van der Waals surface area contributed by atoms with Crippen molar-refractivity contribution in [3.63, 3.8) is 0 Å². The van der Waals surface area contributed by atoms with Crippen molar-refractivity contribution in [2.45, 2.75) is 96.3 Å². The van der Waals surface area contributed by atoms with Gasteiger partial charge in [-0.15, -0.1) is 0 Å². The first-order valence-electron chi connectivity index (χ1n) is 13.6. The fourth-order valence-electron chi connectivity index (χ4n) is 6.37. The topological polar surface area (TPSA) is 85.4 Å². The minimum absolute atomic E-state index is 0.354. The number of nitrogens with zero attached hydrogens (tertiary/aromatic N) is 1. The number of aliphatic carboxylic acids is 1. The van der Waals surface area contributed by atoms with E-state index in [2.05, 4.69) is 43.1 Å². The quantitative estimate of drug-likeness (QED) is 0.401. The molecular weight excluding hydrogens is 436 g/mol. The third-order valence-electron chi connectivity index (χ3n) is 8.85. The van der Waals surface area contributed by atoms with Crippen LogP contribution in [0.1, 0.15) is 107 Å². The molecule has 1 aromatic heterocycles. The van der Waals surface area contributed by atoms with Crippen molar-refractivity contribution in [1.82, 2.24) is 4.98 Å². The van der Waals surface area contributed by atoms with Gasteiger partial charge in [-0.2, -0.15) is 0 Å². The van der Waals surface area contributed by atoms with E-state index in [1.54, 1.807) is 6.20 Å². The zero-order chi connectivity index (χ0) is 24.8. The van der Waals surface area contributed by atoms with Gasteiger partial charge in [0.15, 0.2) is 0 Å². The molecule has 190 valence electrons. The minimum Gasteiger partial charge on any atom is -0.481 e. The van der Waals surface area contributed by atoms with Gasteiger partial charge in [0.2, 0.25) is 5.88 Å². The fourth-order valence-corrected chi connectivity index (χ4v) is 6.37. The first-order chi connectivity index (χ1) is 16.9. The molecule has 1 atom stereocenters. The van der Waals surface area contributed by atoms with Crippen molar-refractivity contribution < 1.29 is 14.6 Å². The maximum absolute atomic E-state index is 11.0. The lowest BCUT2D eigenvalue weighted by molar-refractivity contribution is -0.138. The van der Waals surface area contributed by atoms with Crippen LogP contribution in [0.5, 0.6) is 5.88 Å². The number of rotatable bonds is 9. The highest BCUT2D eigenvalue weighted by atomic mass is 16.5. The van der Waals surface area contributed by atoms with Gasteiger partial charge in [-0.05, 0) is 105 Å². The van der Waals surface area contributed by atoms with E-state index in [4.69, 9.17) is 15.6 Å². The lowest BCUT2D eigenvalue weighted by Gasteiger charge is -2.45. The molecule has 0 radical (unpaired) electrons. The number of nitrogens with two attached hydrogens (primary N) is 1. The Labute approximate surface area is 210 Å². The van der Waals surface area contributed by atoms with Gasteiger partial charge in [0.05, 0.1) is 6.61 Å². The van der Waals surface area contributed by atoms with Gasteiger partial charge in [-0.3, -0.25) is 4.79 Å². The van der Waals surface area contributed by atoms with Crippen molar-refractivity contribution in [2.24, 2.45) is 11.3 Å². The number of carboxylic acid groups (broad SMARTS) is 1. The highest BCUT2D eigenvalue weighted by Crippen LogP contribution is 2.52. The highest BCUT2D eigenvalue weighted by molar-refractivity contribution is 5.67. The largest absolute Gasteiger partial charge is 0.481 e. The van der Waals surface area contributed by atoms with Gasteiger partial charge >= 0.3 is 5.97 Å². The molecule has 0 bridgehead atoms. The minimum atomic E-state index is -0.635. The van der Waals surface area contributed by atoms with Crippen molar-refractivity contribution in [3.05, 3.63) is 53.2 Å². The second kappa shape index (κ2) is 11.5. The van der Waals surface area contributed by atoms with Gasteiger partial charge in [0.25, 0.3) is 0 Å². The number of carbonyl (C=O) groups is 1. The molecule has 3 N–H and O–H groups in total. The first-order valence-corrected chi connectivity index (χ1v) is 13.6. The number of nitrogen functional groups attached to an aromatic ring is 1. The van der Waals surface area contributed by atoms with E-state index < -0.39 is 5.97 Å². The van der Waals surface area contributed by atoms with Crippen molar-refractivity contribution >= 4 is 11.7 Å². The lowest BCUT2D eigenvalue weighted by Crippen LogP contribution is -2.32. The van der Waals surface area contributed by atoms with Gasteiger partial charge < -0.3 is 15.6 Å². The zero-order valence-corrected chi connectivity index (χ0v) is 21.5. The van der Waals surface area contributed by atoms with Crippen LogP contribution < -0.4 is 10.5 Å². The molecule has 4 rings (SSSR count). The Bertz CT molecular complexity index is 970. The number of ether oxygens (including phenoxy) is 1. The molecule has 0 aliphatic heterocycles. The summed E-state index contributed by atoms with van der Waals surface area (Å²) < 4.78 is 5.98. The molecule has 1 spiro atoms. The third-order valence-corrected chi connectivity index (χ3v) is 8.85. The average Bonchev–Trinajstić information content (AvgIpc) is 2.86. The highest BCUT2D eigenvalue weighted by Gasteiger charge is 2.39. The van der Waals surface area contributed by atoms with E-state index in [-0.39, 0.29) is 0 Å². The second-order valence-electron chi connectivity index (χ2n) is 11.1. The molecule has 2 aliphatic carbocycles. The van der Waals surface area contributed by atoms with Gasteiger partial charge in [-0.25, -0.2) is 4.98 Å². The molecule has 2 aromatic rings. The number of hydrogen-bond acceptors (Lipinski definition) is 4. The van der Waals surface area contributed by atoms with Gasteiger partial charge in [-0.1, -0.05) is 38.1 Å². The number of carboxylic acids is 1. The Morgan fingerprint density at radius 2 is 1.77 bits per heavy atom. The van der Waals surface area contributed by atoms with Crippen molar-refractivity contribution in [1.29, 1.82) is 0 Å².